The smallest absolute Gasteiger partial charge is 0.348 e. The summed E-state index contributed by atoms with van der Waals surface area (Å²) < 4.78 is 26.3. The maximum absolute atomic E-state index is 12.2. The fourth-order valence-corrected chi connectivity index (χ4v) is 2.48. The van der Waals surface area contributed by atoms with E-state index >= 15 is 0 Å². The molecular formula is C19H22O9. The third-order valence-corrected chi connectivity index (χ3v) is 3.73. The first-order valence-corrected chi connectivity index (χ1v) is 8.46. The van der Waals surface area contributed by atoms with Crippen molar-refractivity contribution in [3.63, 3.8) is 0 Å². The lowest BCUT2D eigenvalue weighted by Crippen LogP contribution is -2.41. The SMILES string of the molecule is COc1cc(OCCCC(=O)O)cc(OC)c1C=C1C(=O)OC(C)(C)OC1=O. The number of hydrogen-bond donors (Lipinski definition) is 1. The van der Waals surface area contributed by atoms with E-state index in [9.17, 15) is 14.4 Å². The van der Waals surface area contributed by atoms with Gasteiger partial charge in [-0.25, -0.2) is 9.59 Å². The zero-order valence-corrected chi connectivity index (χ0v) is 16.1. The molecule has 1 aliphatic rings. The third kappa shape index (κ3) is 5.15. The number of aliphatic carboxylic acids is 1. The van der Waals surface area contributed by atoms with Crippen LogP contribution < -0.4 is 14.2 Å². The normalized spacial score (nSPS) is 15.4. The summed E-state index contributed by atoms with van der Waals surface area (Å²) in [5, 5.41) is 8.66. The lowest BCUT2D eigenvalue weighted by Gasteiger charge is -2.29. The average Bonchev–Trinajstić information content (AvgIpc) is 2.60. The molecule has 0 aromatic heterocycles. The minimum absolute atomic E-state index is 0.0149. The van der Waals surface area contributed by atoms with E-state index in [-0.39, 0.29) is 30.1 Å². The number of rotatable bonds is 8. The van der Waals surface area contributed by atoms with Crippen LogP contribution in [-0.4, -0.2) is 49.6 Å². The Morgan fingerprint density at radius 3 is 2.11 bits per heavy atom. The van der Waals surface area contributed by atoms with Gasteiger partial charge in [-0.2, -0.15) is 0 Å². The van der Waals surface area contributed by atoms with Gasteiger partial charge in [0.25, 0.3) is 5.79 Å². The monoisotopic (exact) mass is 394 g/mol. The Kier molecular flexibility index (Phi) is 6.50. The Balaban J connectivity index is 2.32. The van der Waals surface area contributed by atoms with Gasteiger partial charge in [0.15, 0.2) is 0 Å². The first-order chi connectivity index (χ1) is 13.2. The maximum atomic E-state index is 12.2. The van der Waals surface area contributed by atoms with Crippen LogP contribution in [0, 0.1) is 0 Å². The van der Waals surface area contributed by atoms with Gasteiger partial charge in [-0.15, -0.1) is 0 Å². The number of esters is 2. The van der Waals surface area contributed by atoms with Crippen molar-refractivity contribution in [3.05, 3.63) is 23.3 Å². The fourth-order valence-electron chi connectivity index (χ4n) is 2.48. The van der Waals surface area contributed by atoms with E-state index in [1.165, 1.54) is 34.1 Å². The largest absolute Gasteiger partial charge is 0.496 e. The van der Waals surface area contributed by atoms with Crippen molar-refractivity contribution in [2.24, 2.45) is 0 Å². The number of hydrogen-bond acceptors (Lipinski definition) is 8. The fraction of sp³-hybridized carbons (Fsp3) is 0.421. The van der Waals surface area contributed by atoms with Gasteiger partial charge in [-0.05, 0) is 12.5 Å². The van der Waals surface area contributed by atoms with E-state index in [2.05, 4.69) is 0 Å². The molecule has 0 atom stereocenters. The van der Waals surface area contributed by atoms with E-state index in [1.54, 1.807) is 12.1 Å². The molecule has 2 rings (SSSR count). The number of ether oxygens (including phenoxy) is 5. The highest BCUT2D eigenvalue weighted by atomic mass is 16.7. The van der Waals surface area contributed by atoms with E-state index in [1.807, 2.05) is 0 Å². The van der Waals surface area contributed by atoms with Crippen LogP contribution >= 0.6 is 0 Å². The molecule has 28 heavy (non-hydrogen) atoms. The number of carbonyl (C=O) groups excluding carboxylic acids is 2. The molecule has 9 nitrogen and oxygen atoms in total. The number of methoxy groups -OCH3 is 2. The second kappa shape index (κ2) is 8.64. The van der Waals surface area contributed by atoms with Gasteiger partial charge < -0.3 is 28.8 Å². The molecule has 1 aliphatic heterocycles. The molecule has 1 N–H and O–H groups in total. The van der Waals surface area contributed by atoms with Crippen LogP contribution in [0.2, 0.25) is 0 Å². The lowest BCUT2D eigenvalue weighted by atomic mass is 10.1. The van der Waals surface area contributed by atoms with Gasteiger partial charge in [-0.3, -0.25) is 4.79 Å². The highest BCUT2D eigenvalue weighted by molar-refractivity contribution is 6.19. The van der Waals surface area contributed by atoms with Gasteiger partial charge in [0.1, 0.15) is 22.8 Å². The summed E-state index contributed by atoms with van der Waals surface area (Å²) in [4.78, 5) is 34.9. The summed E-state index contributed by atoms with van der Waals surface area (Å²) in [5.41, 5.74) is 0.0255. The summed E-state index contributed by atoms with van der Waals surface area (Å²) in [6.45, 7) is 3.10. The molecule has 1 aromatic carbocycles. The molecule has 152 valence electrons. The highest BCUT2D eigenvalue weighted by Gasteiger charge is 2.39. The van der Waals surface area contributed by atoms with Gasteiger partial charge in [0, 0.05) is 32.4 Å². The molecule has 1 aromatic rings. The van der Waals surface area contributed by atoms with Crippen LogP contribution in [0.3, 0.4) is 0 Å². The third-order valence-electron chi connectivity index (χ3n) is 3.73. The molecule has 0 spiro atoms. The summed E-state index contributed by atoms with van der Waals surface area (Å²) in [7, 11) is 2.82. The van der Waals surface area contributed by atoms with Gasteiger partial charge in [0.2, 0.25) is 0 Å². The lowest BCUT2D eigenvalue weighted by molar-refractivity contribution is -0.222. The minimum atomic E-state index is -1.34. The molecule has 0 radical (unpaired) electrons. The van der Waals surface area contributed by atoms with Gasteiger partial charge in [0.05, 0.1) is 26.4 Å². The van der Waals surface area contributed by atoms with Gasteiger partial charge in [-0.1, -0.05) is 0 Å². The number of carboxylic acid groups (broad SMARTS) is 1. The van der Waals surface area contributed by atoms with E-state index in [0.29, 0.717) is 17.7 Å². The van der Waals surface area contributed by atoms with E-state index < -0.39 is 23.7 Å². The molecule has 0 amide bonds. The quantitative estimate of drug-likeness (QED) is 0.306. The summed E-state index contributed by atoms with van der Waals surface area (Å²) in [6, 6.07) is 3.08. The van der Waals surface area contributed by atoms with Crippen molar-refractivity contribution in [1.82, 2.24) is 0 Å². The number of benzene rings is 1. The summed E-state index contributed by atoms with van der Waals surface area (Å²) in [5.74, 6) is -2.94. The number of carboxylic acids is 1. The first kappa shape index (κ1) is 21.1. The Bertz CT molecular complexity index is 761. The van der Waals surface area contributed by atoms with Crippen molar-refractivity contribution in [1.29, 1.82) is 0 Å². The Morgan fingerprint density at radius 1 is 1.11 bits per heavy atom. The maximum Gasteiger partial charge on any atom is 0.348 e. The molecule has 0 aliphatic carbocycles. The minimum Gasteiger partial charge on any atom is -0.496 e. The molecule has 0 bridgehead atoms. The van der Waals surface area contributed by atoms with Crippen molar-refractivity contribution >= 4 is 24.0 Å². The van der Waals surface area contributed by atoms with Crippen molar-refractivity contribution in [2.45, 2.75) is 32.5 Å². The van der Waals surface area contributed by atoms with Crippen molar-refractivity contribution < 1.29 is 43.2 Å². The number of cyclic esters (lactones) is 2. The van der Waals surface area contributed by atoms with Crippen LogP contribution in [0.15, 0.2) is 17.7 Å². The van der Waals surface area contributed by atoms with Crippen LogP contribution in [0.25, 0.3) is 6.08 Å². The highest BCUT2D eigenvalue weighted by Crippen LogP contribution is 2.37. The Hall–Kier alpha value is -3.23. The zero-order valence-electron chi connectivity index (χ0n) is 16.1. The Labute approximate surface area is 161 Å². The van der Waals surface area contributed by atoms with Crippen molar-refractivity contribution in [3.8, 4) is 17.2 Å². The molecule has 1 saturated heterocycles. The number of carbonyl (C=O) groups is 3. The van der Waals surface area contributed by atoms with Crippen LogP contribution in [0.5, 0.6) is 17.2 Å². The second-order valence-corrected chi connectivity index (χ2v) is 6.32. The topological polar surface area (TPSA) is 118 Å². The molecule has 0 unspecified atom stereocenters. The first-order valence-electron chi connectivity index (χ1n) is 8.46. The van der Waals surface area contributed by atoms with Crippen molar-refractivity contribution in [2.75, 3.05) is 20.8 Å². The molecule has 9 heteroatoms. The predicted molar refractivity (Wildman–Crippen MR) is 96.2 cm³/mol. The molecule has 1 fully saturated rings. The Morgan fingerprint density at radius 2 is 1.64 bits per heavy atom. The van der Waals surface area contributed by atoms with Crippen LogP contribution in [0.4, 0.5) is 0 Å². The average molecular weight is 394 g/mol. The second-order valence-electron chi connectivity index (χ2n) is 6.32. The molecule has 1 heterocycles. The zero-order chi connectivity index (χ0) is 20.9. The van der Waals surface area contributed by atoms with Gasteiger partial charge >= 0.3 is 17.9 Å². The standard InChI is InChI=1S/C19H22O9/c1-19(2)27-17(22)13(18(23)28-19)10-12-14(24-3)8-11(9-15(12)25-4)26-7-5-6-16(20)21/h8-10H,5-7H2,1-4H3,(H,20,21). The van der Waals surface area contributed by atoms with Crippen LogP contribution in [-0.2, 0) is 23.9 Å². The molecule has 0 saturated carbocycles. The summed E-state index contributed by atoms with van der Waals surface area (Å²) >= 11 is 0. The summed E-state index contributed by atoms with van der Waals surface area (Å²) in [6.07, 6.45) is 1.59. The van der Waals surface area contributed by atoms with E-state index in [0.717, 1.165) is 0 Å². The van der Waals surface area contributed by atoms with E-state index in [4.69, 9.17) is 28.8 Å². The molecular weight excluding hydrogens is 372 g/mol. The van der Waals surface area contributed by atoms with Crippen LogP contribution in [0.1, 0.15) is 32.3 Å². The predicted octanol–water partition coefficient (Wildman–Crippen LogP) is 2.17.